The van der Waals surface area contributed by atoms with Gasteiger partial charge < -0.3 is 10.6 Å². The van der Waals surface area contributed by atoms with E-state index in [1.54, 1.807) is 0 Å². The van der Waals surface area contributed by atoms with Crippen LogP contribution in [-0.2, 0) is 6.54 Å². The second-order valence-electron chi connectivity index (χ2n) is 5.93. The molecule has 0 unspecified atom stereocenters. The molecule has 0 aliphatic heterocycles. The predicted molar refractivity (Wildman–Crippen MR) is 94.8 cm³/mol. The Bertz CT molecular complexity index is 345. The molecule has 0 aliphatic carbocycles. The number of rotatable bonds is 12. The van der Waals surface area contributed by atoms with Crippen molar-refractivity contribution in [3.8, 4) is 0 Å². The largest absolute Gasteiger partial charge is 0.372 e. The Kier molecular flexibility index (Phi) is 9.98. The van der Waals surface area contributed by atoms with Gasteiger partial charge in [0.25, 0.3) is 0 Å². The summed E-state index contributed by atoms with van der Waals surface area (Å²) in [5, 5.41) is 0. The number of anilines is 1. The average Bonchev–Trinajstić information content (AvgIpc) is 2.54. The van der Waals surface area contributed by atoms with E-state index in [4.69, 9.17) is 5.73 Å². The van der Waals surface area contributed by atoms with Gasteiger partial charge in [0.05, 0.1) is 0 Å². The van der Waals surface area contributed by atoms with Gasteiger partial charge >= 0.3 is 0 Å². The van der Waals surface area contributed by atoms with Crippen molar-refractivity contribution in [3.63, 3.8) is 0 Å². The van der Waals surface area contributed by atoms with Crippen molar-refractivity contribution in [2.45, 2.75) is 71.8 Å². The predicted octanol–water partition coefficient (Wildman–Crippen LogP) is 5.11. The van der Waals surface area contributed by atoms with Gasteiger partial charge in [-0.25, -0.2) is 0 Å². The third-order valence-corrected chi connectivity index (χ3v) is 4.20. The highest BCUT2D eigenvalue weighted by Gasteiger charge is 2.03. The van der Waals surface area contributed by atoms with Crippen LogP contribution in [-0.4, -0.2) is 13.1 Å². The minimum Gasteiger partial charge on any atom is -0.372 e. The highest BCUT2D eigenvalue weighted by Crippen LogP contribution is 2.16. The first kappa shape index (κ1) is 18.0. The van der Waals surface area contributed by atoms with Gasteiger partial charge in [0, 0.05) is 25.3 Å². The van der Waals surface area contributed by atoms with Crippen LogP contribution in [0.3, 0.4) is 0 Å². The van der Waals surface area contributed by atoms with Crippen molar-refractivity contribution in [3.05, 3.63) is 29.8 Å². The number of nitrogens with zero attached hydrogens (tertiary/aromatic N) is 1. The van der Waals surface area contributed by atoms with Crippen LogP contribution < -0.4 is 10.6 Å². The van der Waals surface area contributed by atoms with Gasteiger partial charge in [-0.15, -0.1) is 0 Å². The quantitative estimate of drug-likeness (QED) is 0.542. The SMILES string of the molecule is CCCCCCCCCCN(CC)c1ccc(CN)cc1. The van der Waals surface area contributed by atoms with Crippen molar-refractivity contribution < 1.29 is 0 Å². The van der Waals surface area contributed by atoms with Gasteiger partial charge in [-0.2, -0.15) is 0 Å². The molecule has 0 saturated carbocycles. The van der Waals surface area contributed by atoms with Crippen LogP contribution in [0.25, 0.3) is 0 Å². The molecular formula is C19H34N2. The van der Waals surface area contributed by atoms with E-state index in [2.05, 4.69) is 43.0 Å². The first-order valence-electron chi connectivity index (χ1n) is 8.85. The zero-order valence-electron chi connectivity index (χ0n) is 14.1. The third kappa shape index (κ3) is 7.52. The van der Waals surface area contributed by atoms with Gasteiger partial charge in [-0.3, -0.25) is 0 Å². The lowest BCUT2D eigenvalue weighted by atomic mass is 10.1. The third-order valence-electron chi connectivity index (χ3n) is 4.20. The fraction of sp³-hybridized carbons (Fsp3) is 0.684. The Morgan fingerprint density at radius 1 is 0.810 bits per heavy atom. The van der Waals surface area contributed by atoms with Crippen molar-refractivity contribution in [1.29, 1.82) is 0 Å². The van der Waals surface area contributed by atoms with Crippen LogP contribution in [0.5, 0.6) is 0 Å². The molecule has 120 valence electrons. The molecular weight excluding hydrogens is 256 g/mol. The summed E-state index contributed by atoms with van der Waals surface area (Å²) in [7, 11) is 0. The molecule has 2 nitrogen and oxygen atoms in total. The van der Waals surface area contributed by atoms with Crippen LogP contribution in [0.15, 0.2) is 24.3 Å². The first-order valence-corrected chi connectivity index (χ1v) is 8.85. The standard InChI is InChI=1S/C19H34N2/c1-3-5-6-7-8-9-10-11-16-21(4-2)19-14-12-18(17-20)13-15-19/h12-15H,3-11,16-17,20H2,1-2H3. The second kappa shape index (κ2) is 11.6. The van der Waals surface area contributed by atoms with Crippen molar-refractivity contribution in [2.24, 2.45) is 5.73 Å². The summed E-state index contributed by atoms with van der Waals surface area (Å²) >= 11 is 0. The van der Waals surface area contributed by atoms with Crippen molar-refractivity contribution >= 4 is 5.69 Å². The number of nitrogens with two attached hydrogens (primary N) is 1. The molecule has 0 aliphatic rings. The van der Waals surface area contributed by atoms with E-state index in [-0.39, 0.29) is 0 Å². The number of benzene rings is 1. The topological polar surface area (TPSA) is 29.3 Å². The summed E-state index contributed by atoms with van der Waals surface area (Å²) in [4.78, 5) is 2.47. The zero-order chi connectivity index (χ0) is 15.3. The van der Waals surface area contributed by atoms with Gasteiger partial charge in [0.1, 0.15) is 0 Å². The Hall–Kier alpha value is -1.02. The minimum atomic E-state index is 0.629. The van der Waals surface area contributed by atoms with Gasteiger partial charge in [0.15, 0.2) is 0 Å². The normalized spacial score (nSPS) is 10.8. The van der Waals surface area contributed by atoms with Crippen molar-refractivity contribution in [2.75, 3.05) is 18.0 Å². The summed E-state index contributed by atoms with van der Waals surface area (Å²) in [6, 6.07) is 8.70. The smallest absolute Gasteiger partial charge is 0.0366 e. The van der Waals surface area contributed by atoms with E-state index in [1.807, 2.05) is 0 Å². The molecule has 2 N–H and O–H groups in total. The maximum atomic E-state index is 5.65. The molecule has 0 saturated heterocycles. The van der Waals surface area contributed by atoms with E-state index in [0.717, 1.165) is 6.54 Å². The molecule has 0 bridgehead atoms. The molecule has 2 heteroatoms. The van der Waals surface area contributed by atoms with Crippen LogP contribution in [0.4, 0.5) is 5.69 Å². The summed E-state index contributed by atoms with van der Waals surface area (Å²) in [6.45, 7) is 7.40. The molecule has 1 aromatic carbocycles. The van der Waals surface area contributed by atoms with E-state index in [1.165, 1.54) is 69.2 Å². The minimum absolute atomic E-state index is 0.629. The van der Waals surface area contributed by atoms with Crippen LogP contribution >= 0.6 is 0 Å². The van der Waals surface area contributed by atoms with Crippen LogP contribution in [0.1, 0.15) is 70.8 Å². The summed E-state index contributed by atoms with van der Waals surface area (Å²) < 4.78 is 0. The Morgan fingerprint density at radius 2 is 1.38 bits per heavy atom. The van der Waals surface area contributed by atoms with E-state index in [9.17, 15) is 0 Å². The van der Waals surface area contributed by atoms with E-state index < -0.39 is 0 Å². The lowest BCUT2D eigenvalue weighted by Gasteiger charge is -2.23. The van der Waals surface area contributed by atoms with Crippen LogP contribution in [0.2, 0.25) is 0 Å². The molecule has 0 atom stereocenters. The Morgan fingerprint density at radius 3 is 1.90 bits per heavy atom. The molecule has 0 fully saturated rings. The van der Waals surface area contributed by atoms with Gasteiger partial charge in [-0.05, 0) is 31.0 Å². The summed E-state index contributed by atoms with van der Waals surface area (Å²) in [6.07, 6.45) is 11.1. The molecule has 0 amide bonds. The van der Waals surface area contributed by atoms with Crippen molar-refractivity contribution in [1.82, 2.24) is 0 Å². The number of hydrogen-bond acceptors (Lipinski definition) is 2. The summed E-state index contributed by atoms with van der Waals surface area (Å²) in [5.41, 5.74) is 8.19. The average molecular weight is 290 g/mol. The first-order chi connectivity index (χ1) is 10.3. The molecule has 0 heterocycles. The van der Waals surface area contributed by atoms with Gasteiger partial charge in [-0.1, -0.05) is 64.0 Å². The number of unbranched alkanes of at least 4 members (excludes halogenated alkanes) is 7. The van der Waals surface area contributed by atoms with Gasteiger partial charge in [0.2, 0.25) is 0 Å². The Labute approximate surface area is 131 Å². The second-order valence-corrected chi connectivity index (χ2v) is 5.93. The summed E-state index contributed by atoms with van der Waals surface area (Å²) in [5.74, 6) is 0. The fourth-order valence-corrected chi connectivity index (χ4v) is 2.75. The highest BCUT2D eigenvalue weighted by molar-refractivity contribution is 5.47. The van der Waals surface area contributed by atoms with Crippen LogP contribution in [0, 0.1) is 0 Å². The zero-order valence-corrected chi connectivity index (χ0v) is 14.1. The molecule has 0 spiro atoms. The molecule has 0 radical (unpaired) electrons. The fourth-order valence-electron chi connectivity index (χ4n) is 2.75. The maximum absolute atomic E-state index is 5.65. The molecule has 0 aromatic heterocycles. The Balaban J connectivity index is 2.18. The van der Waals surface area contributed by atoms with E-state index in [0.29, 0.717) is 6.54 Å². The lowest BCUT2D eigenvalue weighted by Crippen LogP contribution is -2.23. The monoisotopic (exact) mass is 290 g/mol. The lowest BCUT2D eigenvalue weighted by molar-refractivity contribution is 0.572. The molecule has 1 rings (SSSR count). The molecule has 21 heavy (non-hydrogen) atoms. The van der Waals surface area contributed by atoms with E-state index >= 15 is 0 Å². The number of hydrogen-bond donors (Lipinski definition) is 1. The highest BCUT2D eigenvalue weighted by atomic mass is 15.1. The molecule has 1 aromatic rings. The maximum Gasteiger partial charge on any atom is 0.0366 e.